The van der Waals surface area contributed by atoms with Gasteiger partial charge in [0.15, 0.2) is 5.79 Å². The fraction of sp³-hybridized carbons (Fsp3) is 0.933. The molecule has 2 saturated carbocycles. The molecule has 114 valence electrons. The highest BCUT2D eigenvalue weighted by Crippen LogP contribution is 2.60. The zero-order valence-corrected chi connectivity index (χ0v) is 12.4. The van der Waals surface area contributed by atoms with Crippen molar-refractivity contribution in [2.24, 2.45) is 17.3 Å². The Hall–Kier alpha value is -0.490. The molecule has 20 heavy (non-hydrogen) atoms. The molecule has 3 fully saturated rings. The Bertz CT molecular complexity index is 376. The van der Waals surface area contributed by atoms with Gasteiger partial charge in [0.2, 0.25) is 0 Å². The SMILES string of the molecule is COCOCC[C@@]12CC(=O)[C@H](C1)C1(C[C@@H]2C)OCCO1. The van der Waals surface area contributed by atoms with Crippen LogP contribution >= 0.6 is 0 Å². The van der Waals surface area contributed by atoms with E-state index in [1.165, 1.54) is 0 Å². The minimum atomic E-state index is -0.621. The van der Waals surface area contributed by atoms with Gasteiger partial charge >= 0.3 is 0 Å². The van der Waals surface area contributed by atoms with Crippen molar-refractivity contribution < 1.29 is 23.7 Å². The van der Waals surface area contributed by atoms with Crippen LogP contribution < -0.4 is 0 Å². The average molecular weight is 284 g/mol. The van der Waals surface area contributed by atoms with E-state index >= 15 is 0 Å². The number of ether oxygens (including phenoxy) is 4. The molecule has 0 radical (unpaired) electrons. The van der Waals surface area contributed by atoms with Crippen LogP contribution in [-0.2, 0) is 23.7 Å². The predicted molar refractivity (Wildman–Crippen MR) is 71.0 cm³/mol. The number of fused-ring (bicyclic) bond motifs is 3. The molecule has 3 rings (SSSR count). The normalized spacial score (nSPS) is 38.8. The summed E-state index contributed by atoms with van der Waals surface area (Å²) in [5.74, 6) is 0.0187. The Morgan fingerprint density at radius 1 is 1.30 bits per heavy atom. The molecule has 1 aliphatic heterocycles. The van der Waals surface area contributed by atoms with Crippen molar-refractivity contribution in [3.05, 3.63) is 0 Å². The molecule has 1 saturated heterocycles. The molecule has 5 heteroatoms. The van der Waals surface area contributed by atoms with Gasteiger partial charge in [-0.05, 0) is 24.2 Å². The van der Waals surface area contributed by atoms with Crippen LogP contribution in [0.15, 0.2) is 0 Å². The second-order valence-electron chi connectivity index (χ2n) is 6.44. The molecular weight excluding hydrogens is 260 g/mol. The lowest BCUT2D eigenvalue weighted by Gasteiger charge is -2.45. The zero-order chi connectivity index (χ0) is 14.2. The number of rotatable bonds is 5. The lowest BCUT2D eigenvalue weighted by molar-refractivity contribution is -0.224. The van der Waals surface area contributed by atoms with Crippen molar-refractivity contribution in [3.63, 3.8) is 0 Å². The van der Waals surface area contributed by atoms with Crippen molar-refractivity contribution in [3.8, 4) is 0 Å². The first kappa shape index (κ1) is 14.4. The Balaban J connectivity index is 1.71. The maximum absolute atomic E-state index is 12.4. The molecule has 0 aromatic rings. The Labute approximate surface area is 119 Å². The third kappa shape index (κ3) is 2.21. The maximum atomic E-state index is 12.4. The summed E-state index contributed by atoms with van der Waals surface area (Å²) in [6.45, 7) is 4.41. The minimum absolute atomic E-state index is 0.0655. The summed E-state index contributed by atoms with van der Waals surface area (Å²) >= 11 is 0. The van der Waals surface area contributed by atoms with E-state index in [1.54, 1.807) is 7.11 Å². The van der Waals surface area contributed by atoms with Crippen LogP contribution in [0.25, 0.3) is 0 Å². The Morgan fingerprint density at radius 3 is 2.75 bits per heavy atom. The van der Waals surface area contributed by atoms with Gasteiger partial charge in [-0.2, -0.15) is 0 Å². The molecule has 0 unspecified atom stereocenters. The summed E-state index contributed by atoms with van der Waals surface area (Å²) in [6, 6.07) is 0. The summed E-state index contributed by atoms with van der Waals surface area (Å²) < 4.78 is 22.0. The topological polar surface area (TPSA) is 54.0 Å². The number of Topliss-reactive ketones (excluding diaryl/α,β-unsaturated/α-hetero) is 1. The van der Waals surface area contributed by atoms with E-state index in [-0.39, 0.29) is 11.3 Å². The van der Waals surface area contributed by atoms with Gasteiger partial charge in [0.1, 0.15) is 12.6 Å². The average Bonchev–Trinajstić information content (AvgIpc) is 2.99. The molecule has 2 aliphatic carbocycles. The molecular formula is C15H24O5. The molecule has 2 bridgehead atoms. The largest absolute Gasteiger partial charge is 0.359 e. The van der Waals surface area contributed by atoms with Gasteiger partial charge in [-0.25, -0.2) is 0 Å². The van der Waals surface area contributed by atoms with E-state index in [2.05, 4.69) is 6.92 Å². The molecule has 3 aliphatic rings. The van der Waals surface area contributed by atoms with Crippen molar-refractivity contribution in [2.75, 3.05) is 33.7 Å². The fourth-order valence-corrected chi connectivity index (χ4v) is 4.27. The van der Waals surface area contributed by atoms with Gasteiger partial charge in [-0.3, -0.25) is 4.79 Å². The Kier molecular flexibility index (Phi) is 3.88. The maximum Gasteiger partial charge on any atom is 0.178 e. The quantitative estimate of drug-likeness (QED) is 0.568. The lowest BCUT2D eigenvalue weighted by Crippen LogP contribution is -2.48. The van der Waals surface area contributed by atoms with Crippen molar-refractivity contribution in [2.45, 2.75) is 38.4 Å². The van der Waals surface area contributed by atoms with Gasteiger partial charge in [0.05, 0.1) is 19.1 Å². The van der Waals surface area contributed by atoms with Crippen LogP contribution in [0, 0.1) is 17.3 Å². The number of hydrogen-bond acceptors (Lipinski definition) is 5. The number of methoxy groups -OCH3 is 1. The van der Waals surface area contributed by atoms with Crippen LogP contribution in [0.5, 0.6) is 0 Å². The third-order valence-corrected chi connectivity index (χ3v) is 5.41. The van der Waals surface area contributed by atoms with Gasteiger partial charge in [0, 0.05) is 26.6 Å². The number of carbonyl (C=O) groups is 1. The smallest absolute Gasteiger partial charge is 0.178 e. The van der Waals surface area contributed by atoms with E-state index in [4.69, 9.17) is 18.9 Å². The minimum Gasteiger partial charge on any atom is -0.359 e. The van der Waals surface area contributed by atoms with Gasteiger partial charge in [0.25, 0.3) is 0 Å². The lowest BCUT2D eigenvalue weighted by atomic mass is 9.64. The number of carbonyl (C=O) groups excluding carboxylic acids is 1. The van der Waals surface area contributed by atoms with Crippen LogP contribution in [0.2, 0.25) is 0 Å². The molecule has 0 amide bonds. The molecule has 0 N–H and O–H groups in total. The molecule has 0 aromatic heterocycles. The van der Waals surface area contributed by atoms with Crippen molar-refractivity contribution >= 4 is 5.78 Å². The van der Waals surface area contributed by atoms with Crippen LogP contribution in [0.4, 0.5) is 0 Å². The molecule has 1 heterocycles. The highest BCUT2D eigenvalue weighted by atomic mass is 16.7. The number of ketones is 1. The monoisotopic (exact) mass is 284 g/mol. The van der Waals surface area contributed by atoms with E-state index in [0.717, 1.165) is 19.3 Å². The first-order valence-electron chi connectivity index (χ1n) is 7.49. The third-order valence-electron chi connectivity index (χ3n) is 5.41. The van der Waals surface area contributed by atoms with E-state index in [0.29, 0.717) is 44.7 Å². The zero-order valence-electron chi connectivity index (χ0n) is 12.4. The van der Waals surface area contributed by atoms with Gasteiger partial charge < -0.3 is 18.9 Å². The van der Waals surface area contributed by atoms with E-state index < -0.39 is 5.79 Å². The summed E-state index contributed by atoms with van der Waals surface area (Å²) in [4.78, 5) is 12.4. The van der Waals surface area contributed by atoms with E-state index in [9.17, 15) is 4.79 Å². The molecule has 1 spiro atoms. The van der Waals surface area contributed by atoms with Crippen LogP contribution in [0.1, 0.15) is 32.6 Å². The highest BCUT2D eigenvalue weighted by molar-refractivity contribution is 5.85. The summed E-state index contributed by atoms with van der Waals surface area (Å²) in [6.07, 6.45) is 3.26. The standard InChI is InChI=1S/C15H24O5/c1-11-7-15(19-5-6-20-15)12-8-14(11,9-13(12)16)3-4-18-10-17-2/h11-12H,3-10H2,1-2H3/t11-,12-,14-/m0/s1. The Morgan fingerprint density at radius 2 is 2.05 bits per heavy atom. The fourth-order valence-electron chi connectivity index (χ4n) is 4.27. The molecule has 3 atom stereocenters. The summed E-state index contributed by atoms with van der Waals surface area (Å²) in [7, 11) is 1.62. The van der Waals surface area contributed by atoms with Crippen molar-refractivity contribution in [1.82, 2.24) is 0 Å². The summed E-state index contributed by atoms with van der Waals surface area (Å²) in [5.41, 5.74) is 0.0655. The predicted octanol–water partition coefficient (Wildman–Crippen LogP) is 1.75. The van der Waals surface area contributed by atoms with Gasteiger partial charge in [-0.1, -0.05) is 6.92 Å². The molecule has 0 aromatic carbocycles. The second kappa shape index (κ2) is 5.37. The van der Waals surface area contributed by atoms with Gasteiger partial charge in [-0.15, -0.1) is 0 Å². The van der Waals surface area contributed by atoms with Crippen molar-refractivity contribution in [1.29, 1.82) is 0 Å². The first-order chi connectivity index (χ1) is 9.62. The highest BCUT2D eigenvalue weighted by Gasteiger charge is 2.63. The summed E-state index contributed by atoms with van der Waals surface area (Å²) in [5, 5.41) is 0. The number of hydrogen-bond donors (Lipinski definition) is 0. The van der Waals surface area contributed by atoms with E-state index in [1.807, 2.05) is 0 Å². The second-order valence-corrected chi connectivity index (χ2v) is 6.44. The first-order valence-corrected chi connectivity index (χ1v) is 7.49. The molecule has 5 nitrogen and oxygen atoms in total. The van der Waals surface area contributed by atoms with Crippen LogP contribution in [-0.4, -0.2) is 45.3 Å². The van der Waals surface area contributed by atoms with Crippen LogP contribution in [0.3, 0.4) is 0 Å².